The Morgan fingerprint density at radius 3 is 2.53 bits per heavy atom. The van der Waals surface area contributed by atoms with Gasteiger partial charge in [-0.3, -0.25) is 4.57 Å². The van der Waals surface area contributed by atoms with Crippen LogP contribution < -0.4 is 5.32 Å². The zero-order valence-corrected chi connectivity index (χ0v) is 13.4. The van der Waals surface area contributed by atoms with Crippen LogP contribution in [0.2, 0.25) is 0 Å². The maximum absolute atomic E-state index is 12.2. The highest BCUT2D eigenvalue weighted by molar-refractivity contribution is 7.91. The Hall–Kier alpha value is 0.350. The highest BCUT2D eigenvalue weighted by Crippen LogP contribution is 2.58. The van der Waals surface area contributed by atoms with Crippen molar-refractivity contribution < 1.29 is 22.4 Å². The van der Waals surface area contributed by atoms with E-state index in [-0.39, 0.29) is 30.5 Å². The molecule has 2 heterocycles. The maximum atomic E-state index is 12.2. The zero-order chi connectivity index (χ0) is 13.4. The van der Waals surface area contributed by atoms with Crippen LogP contribution in [0, 0.1) is 5.41 Å². The maximum Gasteiger partial charge on any atom is 0.333 e. The lowest BCUT2D eigenvalue weighted by molar-refractivity contribution is 0.220. The van der Waals surface area contributed by atoms with E-state index >= 15 is 0 Å². The second kappa shape index (κ2) is 6.00. The quantitative estimate of drug-likeness (QED) is 0.742. The summed E-state index contributed by atoms with van der Waals surface area (Å²) in [5.41, 5.74) is -0.884. The number of hydrogen-bond acceptors (Lipinski definition) is 5. The van der Waals surface area contributed by atoms with Crippen LogP contribution in [0.15, 0.2) is 0 Å². The van der Waals surface area contributed by atoms with Gasteiger partial charge in [-0.05, 0) is 19.8 Å². The van der Waals surface area contributed by atoms with Crippen molar-refractivity contribution in [2.45, 2.75) is 25.4 Å². The topological polar surface area (TPSA) is 92.7 Å². The molecule has 6 nitrogen and oxygen atoms in total. The van der Waals surface area contributed by atoms with Crippen molar-refractivity contribution in [3.8, 4) is 0 Å². The van der Waals surface area contributed by atoms with E-state index in [1.807, 2.05) is 0 Å². The Morgan fingerprint density at radius 2 is 2.00 bits per heavy atom. The summed E-state index contributed by atoms with van der Waals surface area (Å²) in [6, 6.07) is 0. The first kappa shape index (κ1) is 17.4. The van der Waals surface area contributed by atoms with Gasteiger partial charge in [0.2, 0.25) is 0 Å². The van der Waals surface area contributed by atoms with Crippen molar-refractivity contribution in [1.82, 2.24) is 5.32 Å². The van der Waals surface area contributed by atoms with E-state index in [4.69, 9.17) is 4.52 Å². The Bertz CT molecular complexity index is 455. The number of rotatable bonds is 3. The summed E-state index contributed by atoms with van der Waals surface area (Å²) < 4.78 is 40.2. The molecule has 19 heavy (non-hydrogen) atoms. The van der Waals surface area contributed by atoms with E-state index in [9.17, 15) is 17.9 Å². The van der Waals surface area contributed by atoms with Gasteiger partial charge in [0.05, 0.1) is 23.8 Å². The highest BCUT2D eigenvalue weighted by Gasteiger charge is 2.54. The third-order valence-electron chi connectivity index (χ3n) is 4.05. The molecule has 2 rings (SSSR count). The van der Waals surface area contributed by atoms with E-state index in [0.29, 0.717) is 25.9 Å². The molecule has 2 aliphatic heterocycles. The lowest BCUT2D eigenvalue weighted by atomic mass is 9.81. The van der Waals surface area contributed by atoms with Gasteiger partial charge in [-0.25, -0.2) is 8.42 Å². The normalized spacial score (nSPS) is 31.6. The molecular formula is C10H21ClNO5PS. The molecule has 1 spiro atoms. The minimum absolute atomic E-state index is 0. The molecule has 2 atom stereocenters. The molecule has 2 saturated heterocycles. The van der Waals surface area contributed by atoms with Gasteiger partial charge in [0.25, 0.3) is 0 Å². The Labute approximate surface area is 120 Å². The van der Waals surface area contributed by atoms with Crippen molar-refractivity contribution in [3.63, 3.8) is 0 Å². The fourth-order valence-corrected chi connectivity index (χ4v) is 6.57. The van der Waals surface area contributed by atoms with Gasteiger partial charge in [-0.1, -0.05) is 0 Å². The van der Waals surface area contributed by atoms with E-state index < -0.39 is 28.5 Å². The molecule has 2 unspecified atom stereocenters. The van der Waals surface area contributed by atoms with Crippen LogP contribution in [0.5, 0.6) is 0 Å². The van der Waals surface area contributed by atoms with Crippen molar-refractivity contribution in [2.75, 3.05) is 31.2 Å². The SMILES string of the molecule is CCOP(=O)(O)C1CNCC12CCS(=O)(=O)CC2.Cl. The summed E-state index contributed by atoms with van der Waals surface area (Å²) in [6.45, 7) is 2.90. The Kier molecular flexibility index (Phi) is 5.49. The molecule has 0 bridgehead atoms. The predicted molar refractivity (Wildman–Crippen MR) is 75.7 cm³/mol. The lowest BCUT2D eigenvalue weighted by Crippen LogP contribution is -2.42. The summed E-state index contributed by atoms with van der Waals surface area (Å²) in [7, 11) is -6.64. The van der Waals surface area contributed by atoms with Crippen molar-refractivity contribution >= 4 is 29.8 Å². The monoisotopic (exact) mass is 333 g/mol. The second-order valence-electron chi connectivity index (χ2n) is 5.14. The predicted octanol–water partition coefficient (Wildman–Crippen LogP) is 0.797. The minimum Gasteiger partial charge on any atom is -0.324 e. The van der Waals surface area contributed by atoms with Crippen LogP contribution in [-0.2, 0) is 18.9 Å². The molecule has 2 aliphatic rings. The van der Waals surface area contributed by atoms with Crippen LogP contribution >= 0.6 is 20.0 Å². The molecule has 0 aromatic heterocycles. The number of sulfone groups is 1. The summed E-state index contributed by atoms with van der Waals surface area (Å²) in [4.78, 5) is 10.0. The molecule has 0 radical (unpaired) electrons. The van der Waals surface area contributed by atoms with Crippen molar-refractivity contribution in [1.29, 1.82) is 0 Å². The van der Waals surface area contributed by atoms with Gasteiger partial charge in [-0.15, -0.1) is 12.4 Å². The minimum atomic E-state index is -3.67. The lowest BCUT2D eigenvalue weighted by Gasteiger charge is -2.38. The van der Waals surface area contributed by atoms with Crippen LogP contribution in [0.3, 0.4) is 0 Å². The van der Waals surface area contributed by atoms with Crippen molar-refractivity contribution in [2.24, 2.45) is 5.41 Å². The average molecular weight is 334 g/mol. The first-order valence-electron chi connectivity index (χ1n) is 6.19. The average Bonchev–Trinajstić information content (AvgIpc) is 2.68. The fraction of sp³-hybridized carbons (Fsp3) is 1.00. The molecule has 0 amide bonds. The van der Waals surface area contributed by atoms with E-state index in [2.05, 4.69) is 5.32 Å². The summed E-state index contributed by atoms with van der Waals surface area (Å²) in [5.74, 6) is 0.217. The smallest absolute Gasteiger partial charge is 0.324 e. The molecule has 0 saturated carbocycles. The van der Waals surface area contributed by atoms with Gasteiger partial charge in [-0.2, -0.15) is 0 Å². The first-order chi connectivity index (χ1) is 8.31. The van der Waals surface area contributed by atoms with Gasteiger partial charge in [0, 0.05) is 18.5 Å². The third-order valence-corrected chi connectivity index (χ3v) is 7.85. The third kappa shape index (κ3) is 3.52. The van der Waals surface area contributed by atoms with Crippen LogP contribution in [-0.4, -0.2) is 50.2 Å². The van der Waals surface area contributed by atoms with Gasteiger partial charge >= 0.3 is 7.60 Å². The Balaban J connectivity index is 0.00000180. The van der Waals surface area contributed by atoms with E-state index in [1.54, 1.807) is 6.92 Å². The molecule has 114 valence electrons. The number of nitrogens with one attached hydrogen (secondary N) is 1. The largest absolute Gasteiger partial charge is 0.333 e. The first-order valence-corrected chi connectivity index (χ1v) is 9.66. The van der Waals surface area contributed by atoms with E-state index in [0.717, 1.165) is 0 Å². The second-order valence-corrected chi connectivity index (χ2v) is 9.46. The highest BCUT2D eigenvalue weighted by atomic mass is 35.5. The molecular weight excluding hydrogens is 313 g/mol. The molecule has 0 aromatic carbocycles. The fourth-order valence-electron chi connectivity index (χ4n) is 2.98. The summed E-state index contributed by atoms with van der Waals surface area (Å²) >= 11 is 0. The van der Waals surface area contributed by atoms with Crippen LogP contribution in [0.25, 0.3) is 0 Å². The van der Waals surface area contributed by atoms with Gasteiger partial charge in [0.1, 0.15) is 9.84 Å². The summed E-state index contributed by atoms with van der Waals surface area (Å²) in [5, 5.41) is 3.12. The zero-order valence-electron chi connectivity index (χ0n) is 10.9. The molecule has 0 aromatic rings. The standard InChI is InChI=1S/C10H20NO5PS.ClH/c1-2-16-17(12,13)9-7-11-8-10(9)3-5-18(14,15)6-4-10;/h9,11H,2-8H2,1H3,(H,12,13);1H. The molecule has 9 heteroatoms. The van der Waals surface area contributed by atoms with Gasteiger partial charge in [0.15, 0.2) is 0 Å². The molecule has 0 aliphatic carbocycles. The van der Waals surface area contributed by atoms with Gasteiger partial charge < -0.3 is 14.7 Å². The summed E-state index contributed by atoms with van der Waals surface area (Å²) in [6.07, 6.45) is 0.898. The van der Waals surface area contributed by atoms with E-state index in [1.165, 1.54) is 0 Å². The Morgan fingerprint density at radius 1 is 1.42 bits per heavy atom. The van der Waals surface area contributed by atoms with Crippen LogP contribution in [0.4, 0.5) is 0 Å². The number of hydrogen-bond donors (Lipinski definition) is 2. The van der Waals surface area contributed by atoms with Crippen molar-refractivity contribution in [3.05, 3.63) is 0 Å². The molecule has 2 N–H and O–H groups in total. The van der Waals surface area contributed by atoms with Crippen LogP contribution in [0.1, 0.15) is 19.8 Å². The number of halogens is 1. The molecule has 2 fully saturated rings.